The molecule has 6 heterocycles. The van der Waals surface area contributed by atoms with Crippen molar-refractivity contribution in [1.82, 2.24) is 24.9 Å². The number of nitriles is 2. The largest absolute Gasteiger partial charge is 0.472 e. The van der Waals surface area contributed by atoms with Crippen molar-refractivity contribution in [1.29, 1.82) is 10.5 Å². The molecule has 0 bridgehead atoms. The summed E-state index contributed by atoms with van der Waals surface area (Å²) in [5.41, 5.74) is 6.95. The third-order valence-electron chi connectivity index (χ3n) is 8.63. The third-order valence-corrected chi connectivity index (χ3v) is 10.1. The van der Waals surface area contributed by atoms with Crippen molar-refractivity contribution in [2.45, 2.75) is 9.92 Å². The Balaban J connectivity index is 1.57. The minimum Gasteiger partial charge on any atom is -0.472 e. The van der Waals surface area contributed by atoms with E-state index in [1.807, 2.05) is 60.7 Å². The maximum Gasteiger partial charge on any atom is 0.101 e. The fraction of sp³-hybridized carbons (Fsp3) is 0. The molecule has 8 nitrogen and oxygen atoms in total. The first-order chi connectivity index (χ1) is 25.5. The zero-order valence-corrected chi connectivity index (χ0v) is 29.3. The van der Waals surface area contributed by atoms with Gasteiger partial charge in [0.25, 0.3) is 0 Å². The molecule has 0 saturated heterocycles. The molecule has 0 aliphatic rings. The number of pyridine rings is 3. The average molecular weight is 733 g/mol. The van der Waals surface area contributed by atoms with Crippen LogP contribution in [0.2, 0.25) is 10.0 Å². The number of furan rings is 1. The van der Waals surface area contributed by atoms with Crippen LogP contribution in [0.5, 0.6) is 0 Å². The Morgan fingerprint density at radius 3 is 1.92 bits per heavy atom. The van der Waals surface area contributed by atoms with Crippen molar-refractivity contribution >= 4 is 79.1 Å². The Labute approximate surface area is 311 Å². The molecule has 0 radical (unpaired) electrons. The highest BCUT2D eigenvalue weighted by atomic mass is 35.5. The molecule has 8 rings (SSSR count). The van der Waals surface area contributed by atoms with Crippen LogP contribution in [-0.4, -0.2) is 24.9 Å². The SMILES string of the molecule is N#C/C(=C(/C(=C(/C#N)c1c[nH]c2ccc(Cl)cc12)c1cnccc1-c1ccoc1)c1cnccc1Sc1ccccn1)c1c[nH]c2ccc(Cl)cc12. The molecule has 0 amide bonds. The van der Waals surface area contributed by atoms with Gasteiger partial charge in [-0.1, -0.05) is 41.0 Å². The summed E-state index contributed by atoms with van der Waals surface area (Å²) in [6.07, 6.45) is 15.3. The molecule has 8 aromatic rings. The van der Waals surface area contributed by atoms with E-state index in [0.29, 0.717) is 43.4 Å². The van der Waals surface area contributed by atoms with Gasteiger partial charge in [0.1, 0.15) is 17.2 Å². The van der Waals surface area contributed by atoms with Gasteiger partial charge in [-0.05, 0) is 72.3 Å². The Hall–Kier alpha value is -6.36. The van der Waals surface area contributed by atoms with Gasteiger partial charge in [-0.15, -0.1) is 0 Å². The van der Waals surface area contributed by atoms with Gasteiger partial charge in [0.2, 0.25) is 0 Å². The van der Waals surface area contributed by atoms with Gasteiger partial charge in [0.15, 0.2) is 0 Å². The average Bonchev–Trinajstić information content (AvgIpc) is 3.95. The fourth-order valence-electron chi connectivity index (χ4n) is 6.33. The lowest BCUT2D eigenvalue weighted by Gasteiger charge is -2.21. The van der Waals surface area contributed by atoms with Crippen molar-refractivity contribution < 1.29 is 4.42 Å². The summed E-state index contributed by atoms with van der Waals surface area (Å²) >= 11 is 14.5. The van der Waals surface area contributed by atoms with Crippen LogP contribution in [0.3, 0.4) is 0 Å². The summed E-state index contributed by atoms with van der Waals surface area (Å²) < 4.78 is 5.53. The fourth-order valence-corrected chi connectivity index (χ4v) is 7.55. The predicted octanol–water partition coefficient (Wildman–Crippen LogP) is 11.1. The molecule has 2 aromatic carbocycles. The zero-order chi connectivity index (χ0) is 35.6. The van der Waals surface area contributed by atoms with E-state index in [2.05, 4.69) is 37.1 Å². The first-order valence-corrected chi connectivity index (χ1v) is 17.4. The van der Waals surface area contributed by atoms with E-state index in [1.165, 1.54) is 11.8 Å². The van der Waals surface area contributed by atoms with Crippen LogP contribution in [-0.2, 0) is 0 Å². The number of nitrogens with zero attached hydrogens (tertiary/aromatic N) is 5. The second-order valence-electron chi connectivity index (χ2n) is 11.6. The van der Waals surface area contributed by atoms with Crippen LogP contribution in [0.1, 0.15) is 22.3 Å². The minimum atomic E-state index is 0.282. The second-order valence-corrected chi connectivity index (χ2v) is 13.5. The van der Waals surface area contributed by atoms with Crippen LogP contribution in [0.15, 0.2) is 143 Å². The molecule has 0 aliphatic carbocycles. The molecule has 6 aromatic heterocycles. The summed E-state index contributed by atoms with van der Waals surface area (Å²) in [6, 6.07) is 27.3. The number of aromatic amines is 2. The van der Waals surface area contributed by atoms with Gasteiger partial charge in [-0.25, -0.2) is 4.98 Å². The van der Waals surface area contributed by atoms with Crippen molar-refractivity contribution in [2.24, 2.45) is 0 Å². The lowest BCUT2D eigenvalue weighted by Crippen LogP contribution is -2.03. The van der Waals surface area contributed by atoms with Gasteiger partial charge in [0.05, 0.1) is 23.7 Å². The summed E-state index contributed by atoms with van der Waals surface area (Å²) in [7, 11) is 0. The Kier molecular flexibility index (Phi) is 8.90. The van der Waals surface area contributed by atoms with E-state index in [-0.39, 0.29) is 11.1 Å². The van der Waals surface area contributed by atoms with Gasteiger partial charge in [-0.2, -0.15) is 10.5 Å². The van der Waals surface area contributed by atoms with E-state index in [1.54, 1.807) is 68.0 Å². The highest BCUT2D eigenvalue weighted by Gasteiger charge is 2.29. The van der Waals surface area contributed by atoms with E-state index < -0.39 is 0 Å². The summed E-state index contributed by atoms with van der Waals surface area (Å²) in [5, 5.41) is 25.9. The molecule has 2 N–H and O–H groups in total. The number of nitrogens with one attached hydrogen (secondary N) is 2. The number of benzene rings is 2. The van der Waals surface area contributed by atoms with Gasteiger partial charge < -0.3 is 14.4 Å². The number of hydrogen-bond donors (Lipinski definition) is 2. The standard InChI is InChI=1S/C41H23Cl2N7OS/c42-25-4-6-36-28(15-25)32(21-49-36)30(17-44)40(34-19-46-12-8-27(34)24-10-14-51-23-24)41(31(18-45)33-22-50-37-7-5-26(43)16-29(33)37)35-20-47-13-9-38(35)52-39-3-1-2-11-48-39/h1-16,19-23,49-50H/b40-30-,41-31-. The first-order valence-electron chi connectivity index (χ1n) is 15.9. The summed E-state index contributed by atoms with van der Waals surface area (Å²) in [5.74, 6) is 0. The van der Waals surface area contributed by atoms with E-state index in [0.717, 1.165) is 42.9 Å². The van der Waals surface area contributed by atoms with Crippen LogP contribution in [0.4, 0.5) is 0 Å². The molecule has 0 aliphatic heterocycles. The van der Waals surface area contributed by atoms with Gasteiger partial charge in [0, 0.05) is 119 Å². The maximum atomic E-state index is 11.3. The molecule has 248 valence electrons. The summed E-state index contributed by atoms with van der Waals surface area (Å²) in [4.78, 5) is 21.1. The number of halogens is 2. The molecule has 0 spiro atoms. The quantitative estimate of drug-likeness (QED) is 0.117. The molecule has 52 heavy (non-hydrogen) atoms. The normalized spacial score (nSPS) is 12.3. The molecule has 11 heteroatoms. The van der Waals surface area contributed by atoms with Crippen LogP contribution < -0.4 is 0 Å². The van der Waals surface area contributed by atoms with Crippen LogP contribution in [0.25, 0.3) is 55.2 Å². The number of aromatic nitrogens is 5. The Morgan fingerprint density at radius 2 is 1.33 bits per heavy atom. The molecule has 0 unspecified atom stereocenters. The van der Waals surface area contributed by atoms with Crippen molar-refractivity contribution in [3.63, 3.8) is 0 Å². The van der Waals surface area contributed by atoms with E-state index >= 15 is 0 Å². The predicted molar refractivity (Wildman–Crippen MR) is 206 cm³/mol. The molecule has 0 saturated carbocycles. The monoisotopic (exact) mass is 731 g/mol. The molecular formula is C41H23Cl2N7OS. The number of H-pyrrole nitrogens is 2. The van der Waals surface area contributed by atoms with Gasteiger partial charge in [-0.3, -0.25) is 9.97 Å². The first kappa shape index (κ1) is 32.8. The second kappa shape index (κ2) is 14.1. The zero-order valence-electron chi connectivity index (χ0n) is 26.9. The number of allylic oxidation sites excluding steroid dienone is 4. The molecular weight excluding hydrogens is 709 g/mol. The van der Waals surface area contributed by atoms with Crippen molar-refractivity contribution in [3.8, 4) is 23.3 Å². The number of hydrogen-bond acceptors (Lipinski definition) is 7. The molecule has 0 atom stereocenters. The number of rotatable bonds is 8. The van der Waals surface area contributed by atoms with E-state index in [9.17, 15) is 10.5 Å². The number of fused-ring (bicyclic) bond motifs is 2. The van der Waals surface area contributed by atoms with Crippen LogP contribution in [0, 0.1) is 22.7 Å². The van der Waals surface area contributed by atoms with Gasteiger partial charge >= 0.3 is 0 Å². The van der Waals surface area contributed by atoms with Crippen LogP contribution >= 0.6 is 35.0 Å². The lowest BCUT2D eigenvalue weighted by atomic mass is 9.81. The maximum absolute atomic E-state index is 11.3. The van der Waals surface area contributed by atoms with E-state index in [4.69, 9.17) is 27.6 Å². The topological polar surface area (TPSA) is 131 Å². The molecule has 0 fully saturated rings. The minimum absolute atomic E-state index is 0.282. The summed E-state index contributed by atoms with van der Waals surface area (Å²) in [6.45, 7) is 0. The Morgan fingerprint density at radius 1 is 0.692 bits per heavy atom. The van der Waals surface area contributed by atoms with Crippen molar-refractivity contribution in [3.05, 3.63) is 161 Å². The lowest BCUT2D eigenvalue weighted by molar-refractivity contribution is 0.568. The van der Waals surface area contributed by atoms with Crippen molar-refractivity contribution in [2.75, 3.05) is 0 Å². The highest BCUT2D eigenvalue weighted by Crippen LogP contribution is 2.48. The smallest absolute Gasteiger partial charge is 0.101 e. The highest BCUT2D eigenvalue weighted by molar-refractivity contribution is 7.99. The third kappa shape index (κ3) is 6.04. The Bertz CT molecular complexity index is 2770.